The van der Waals surface area contributed by atoms with Crippen LogP contribution in [0.25, 0.3) is 0 Å². The quantitative estimate of drug-likeness (QED) is 0.343. The molecule has 0 aromatic rings. The van der Waals surface area contributed by atoms with Crippen molar-refractivity contribution >= 4 is 35.5 Å². The minimum absolute atomic E-state index is 0. The predicted octanol–water partition coefficient (Wildman–Crippen LogP) is 2.71. The molecule has 0 radical (unpaired) electrons. The van der Waals surface area contributed by atoms with Gasteiger partial charge in [-0.15, -0.1) is 0 Å². The summed E-state index contributed by atoms with van der Waals surface area (Å²) < 4.78 is 0. The van der Waals surface area contributed by atoms with Gasteiger partial charge < -0.3 is 10.4 Å². The number of aliphatic hydroxyl groups excluding tert-OH is 1. The number of carbonyl (C=O) groups is 1. The molecule has 3 nitrogen and oxygen atoms in total. The molecule has 0 aromatic carbocycles. The zero-order valence-electron chi connectivity index (χ0n) is 11.5. The fraction of sp³-hybridized carbons (Fsp3) is 0.929. The molecule has 0 heterocycles. The zero-order chi connectivity index (χ0) is 12.9. The molecule has 1 atom stereocenters. The summed E-state index contributed by atoms with van der Waals surface area (Å²) in [6, 6.07) is 0. The van der Waals surface area contributed by atoms with E-state index in [9.17, 15) is 4.79 Å². The van der Waals surface area contributed by atoms with E-state index in [0.29, 0.717) is 6.42 Å². The van der Waals surface area contributed by atoms with Crippen LogP contribution in [-0.2, 0) is 4.79 Å². The van der Waals surface area contributed by atoms with Gasteiger partial charge in [0.2, 0.25) is 5.91 Å². The average molecular weight is 267 g/mol. The van der Waals surface area contributed by atoms with Crippen LogP contribution in [0.5, 0.6) is 0 Å². The predicted molar refractivity (Wildman–Crippen MR) is 78.8 cm³/mol. The van der Waals surface area contributed by atoms with Crippen molar-refractivity contribution in [3.05, 3.63) is 0 Å². The van der Waals surface area contributed by atoms with Gasteiger partial charge in [0.15, 0.2) is 0 Å². The summed E-state index contributed by atoms with van der Waals surface area (Å²) in [5, 5.41) is 11.4. The number of hydrogen-bond acceptors (Lipinski definition) is 2. The maximum absolute atomic E-state index is 11.2. The van der Waals surface area contributed by atoms with Crippen molar-refractivity contribution in [2.45, 2.75) is 84.3 Å². The monoisotopic (exact) mass is 267 g/mol. The topological polar surface area (TPSA) is 49.3 Å². The van der Waals surface area contributed by atoms with Gasteiger partial charge in [-0.1, -0.05) is 58.3 Å². The third-order valence-electron chi connectivity index (χ3n) is 2.88. The van der Waals surface area contributed by atoms with Crippen LogP contribution >= 0.6 is 0 Å². The average Bonchev–Trinajstić information content (AvgIpc) is 2.26. The summed E-state index contributed by atoms with van der Waals surface area (Å²) in [4.78, 5) is 11.2. The number of hydrogen-bond donors (Lipinski definition) is 2. The van der Waals surface area contributed by atoms with E-state index in [0.717, 1.165) is 12.8 Å². The number of nitrogens with one attached hydrogen (secondary N) is 1. The van der Waals surface area contributed by atoms with Crippen molar-refractivity contribution in [2.75, 3.05) is 0 Å². The van der Waals surface area contributed by atoms with Crippen LogP contribution in [-0.4, -0.2) is 46.8 Å². The molecule has 0 saturated heterocycles. The van der Waals surface area contributed by atoms with E-state index < -0.39 is 6.23 Å². The summed E-state index contributed by atoms with van der Waals surface area (Å²) in [6.45, 7) is 3.80. The fourth-order valence-corrected chi connectivity index (χ4v) is 1.90. The number of rotatable bonds is 11. The van der Waals surface area contributed by atoms with Crippen LogP contribution in [0.1, 0.15) is 78.1 Å². The van der Waals surface area contributed by atoms with Gasteiger partial charge in [0.05, 0.1) is 0 Å². The zero-order valence-corrected chi connectivity index (χ0v) is 11.5. The Morgan fingerprint density at radius 2 is 1.44 bits per heavy atom. The summed E-state index contributed by atoms with van der Waals surface area (Å²) in [5.41, 5.74) is 0. The van der Waals surface area contributed by atoms with Gasteiger partial charge >= 0.3 is 29.6 Å². The standard InChI is InChI=1S/C14H29NO2.Na.H/c1-3-4-5-6-7-8-9-10-11-12-14(17)15-13(2)16;;/h13,16H,3-12H2,1-2H3,(H,15,17);;. The molecule has 0 spiro atoms. The van der Waals surface area contributed by atoms with Crippen LogP contribution in [0.2, 0.25) is 0 Å². The van der Waals surface area contributed by atoms with E-state index in [1.54, 1.807) is 6.92 Å². The van der Waals surface area contributed by atoms with Gasteiger partial charge in [-0.2, -0.15) is 0 Å². The Hall–Kier alpha value is 0.430. The Balaban J connectivity index is 0. The first kappa shape index (κ1) is 20.7. The third-order valence-corrected chi connectivity index (χ3v) is 2.88. The Labute approximate surface area is 134 Å². The van der Waals surface area contributed by atoms with Gasteiger partial charge in [-0.25, -0.2) is 0 Å². The Bertz CT molecular complexity index is 187. The molecule has 0 aliphatic heterocycles. The molecular weight excluding hydrogens is 237 g/mol. The summed E-state index contributed by atoms with van der Waals surface area (Å²) in [6.07, 6.45) is 11.1. The second kappa shape index (κ2) is 15.5. The number of unbranched alkanes of at least 4 members (excludes halogenated alkanes) is 8. The van der Waals surface area contributed by atoms with Crippen LogP contribution in [0.3, 0.4) is 0 Å². The first-order valence-corrected chi connectivity index (χ1v) is 7.14. The number of carbonyl (C=O) groups excluding carboxylic acids is 1. The summed E-state index contributed by atoms with van der Waals surface area (Å²) >= 11 is 0. The third kappa shape index (κ3) is 16.4. The van der Waals surface area contributed by atoms with Crippen LogP contribution in [0, 0.1) is 0 Å². The van der Waals surface area contributed by atoms with Crippen molar-refractivity contribution < 1.29 is 9.90 Å². The minimum atomic E-state index is -0.721. The molecule has 0 aromatic heterocycles. The summed E-state index contributed by atoms with van der Waals surface area (Å²) in [7, 11) is 0. The van der Waals surface area contributed by atoms with Gasteiger partial charge in [-0.05, 0) is 13.3 Å². The first-order valence-electron chi connectivity index (χ1n) is 7.14. The molecule has 0 fully saturated rings. The molecule has 4 heteroatoms. The van der Waals surface area contributed by atoms with E-state index >= 15 is 0 Å². The Morgan fingerprint density at radius 1 is 1.00 bits per heavy atom. The SMILES string of the molecule is CCCCCCCCCCCC(=O)NC(C)O.[NaH]. The molecule has 104 valence electrons. The molecular formula is C14H30NNaO2. The number of aliphatic hydroxyl groups is 1. The van der Waals surface area contributed by atoms with Crippen molar-refractivity contribution in [3.63, 3.8) is 0 Å². The molecule has 2 N–H and O–H groups in total. The van der Waals surface area contributed by atoms with E-state index in [1.807, 2.05) is 0 Å². The van der Waals surface area contributed by atoms with Crippen molar-refractivity contribution in [1.82, 2.24) is 5.32 Å². The van der Waals surface area contributed by atoms with Gasteiger partial charge in [0, 0.05) is 6.42 Å². The van der Waals surface area contributed by atoms with Crippen molar-refractivity contribution in [3.8, 4) is 0 Å². The molecule has 1 amide bonds. The first-order chi connectivity index (χ1) is 8.16. The molecule has 1 unspecified atom stereocenters. The van der Waals surface area contributed by atoms with Gasteiger partial charge in [-0.3, -0.25) is 4.79 Å². The normalized spacial score (nSPS) is 11.7. The summed E-state index contributed by atoms with van der Waals surface area (Å²) in [5.74, 6) is -0.0389. The van der Waals surface area contributed by atoms with E-state index in [-0.39, 0.29) is 35.5 Å². The Morgan fingerprint density at radius 3 is 1.89 bits per heavy atom. The fourth-order valence-electron chi connectivity index (χ4n) is 1.90. The molecule has 0 aliphatic rings. The second-order valence-corrected chi connectivity index (χ2v) is 4.82. The molecule has 18 heavy (non-hydrogen) atoms. The molecule has 0 saturated carbocycles. The molecule has 0 rings (SSSR count). The maximum atomic E-state index is 11.2. The van der Waals surface area contributed by atoms with Gasteiger partial charge in [0.25, 0.3) is 0 Å². The molecule has 0 bridgehead atoms. The van der Waals surface area contributed by atoms with Crippen LogP contribution in [0.15, 0.2) is 0 Å². The van der Waals surface area contributed by atoms with E-state index in [4.69, 9.17) is 5.11 Å². The van der Waals surface area contributed by atoms with Crippen LogP contribution in [0.4, 0.5) is 0 Å². The van der Waals surface area contributed by atoms with Crippen molar-refractivity contribution in [1.29, 1.82) is 0 Å². The van der Waals surface area contributed by atoms with E-state index in [1.165, 1.54) is 44.9 Å². The van der Waals surface area contributed by atoms with Crippen LogP contribution < -0.4 is 5.32 Å². The molecule has 0 aliphatic carbocycles. The van der Waals surface area contributed by atoms with Gasteiger partial charge in [0.1, 0.15) is 6.23 Å². The Kier molecular flexibility index (Phi) is 17.8. The van der Waals surface area contributed by atoms with Crippen molar-refractivity contribution in [2.24, 2.45) is 0 Å². The van der Waals surface area contributed by atoms with E-state index in [2.05, 4.69) is 12.2 Å². The second-order valence-electron chi connectivity index (χ2n) is 4.82. The number of amides is 1.